The Bertz CT molecular complexity index is 979. The summed E-state index contributed by atoms with van der Waals surface area (Å²) in [5, 5.41) is 0.522. The van der Waals surface area contributed by atoms with Crippen LogP contribution in [0.15, 0.2) is 40.9 Å². The third kappa shape index (κ3) is 3.89. The van der Waals surface area contributed by atoms with Gasteiger partial charge in [0.1, 0.15) is 23.5 Å². The summed E-state index contributed by atoms with van der Waals surface area (Å²) in [4.78, 5) is 15.5. The van der Waals surface area contributed by atoms with E-state index in [0.29, 0.717) is 27.9 Å². The second-order valence-electron chi connectivity index (χ2n) is 5.72. The number of halogens is 3. The summed E-state index contributed by atoms with van der Waals surface area (Å²) in [5.74, 6) is -0.467. The van der Waals surface area contributed by atoms with E-state index in [1.54, 1.807) is 32.0 Å². The number of hydrogen-bond donors (Lipinski definition) is 0. The fourth-order valence-electron chi connectivity index (χ4n) is 2.69. The van der Waals surface area contributed by atoms with Crippen LogP contribution in [0, 0.1) is 6.92 Å². The summed E-state index contributed by atoms with van der Waals surface area (Å²) >= 11 is 0. The Morgan fingerprint density at radius 3 is 2.74 bits per heavy atom. The van der Waals surface area contributed by atoms with Gasteiger partial charge in [-0.05, 0) is 43.7 Å². The number of esters is 1. The Morgan fingerprint density at radius 1 is 1.26 bits per heavy atom. The number of furan rings is 1. The zero-order valence-corrected chi connectivity index (χ0v) is 14.6. The molecule has 0 aliphatic heterocycles. The molecule has 0 aliphatic carbocycles. The van der Waals surface area contributed by atoms with Gasteiger partial charge in [0.05, 0.1) is 6.61 Å². The first-order valence-corrected chi connectivity index (χ1v) is 8.15. The molecule has 0 amide bonds. The quantitative estimate of drug-likeness (QED) is 0.590. The van der Waals surface area contributed by atoms with Crippen LogP contribution in [0.25, 0.3) is 11.0 Å². The van der Waals surface area contributed by atoms with Crippen molar-refractivity contribution in [3.8, 4) is 5.75 Å². The summed E-state index contributed by atoms with van der Waals surface area (Å²) in [6.45, 7) is 3.43. The smallest absolute Gasteiger partial charge is 0.437 e. The zero-order valence-electron chi connectivity index (χ0n) is 14.6. The first-order valence-electron chi connectivity index (χ1n) is 8.15. The predicted octanol–water partition coefficient (Wildman–Crippen LogP) is 4.91. The lowest BCUT2D eigenvalue weighted by Crippen LogP contribution is -2.11. The molecule has 0 fully saturated rings. The van der Waals surface area contributed by atoms with Crippen molar-refractivity contribution in [3.63, 3.8) is 0 Å². The van der Waals surface area contributed by atoms with Crippen LogP contribution in [0.5, 0.6) is 5.75 Å². The van der Waals surface area contributed by atoms with Crippen molar-refractivity contribution in [1.82, 2.24) is 4.98 Å². The van der Waals surface area contributed by atoms with Gasteiger partial charge < -0.3 is 13.9 Å². The molecule has 0 saturated heterocycles. The van der Waals surface area contributed by atoms with Gasteiger partial charge in [0.15, 0.2) is 11.4 Å². The summed E-state index contributed by atoms with van der Waals surface area (Å²) in [7, 11) is 0. The number of fused-ring (bicyclic) bond motifs is 1. The lowest BCUT2D eigenvalue weighted by molar-refractivity contribution is -0.142. The number of hydrogen-bond acceptors (Lipinski definition) is 5. The van der Waals surface area contributed by atoms with E-state index in [-0.39, 0.29) is 19.0 Å². The van der Waals surface area contributed by atoms with Crippen LogP contribution in [0.1, 0.15) is 34.3 Å². The molecule has 0 radical (unpaired) electrons. The molecule has 0 aliphatic rings. The van der Waals surface area contributed by atoms with E-state index < -0.39 is 17.8 Å². The topological polar surface area (TPSA) is 61.6 Å². The highest BCUT2D eigenvalue weighted by Crippen LogP contribution is 2.34. The lowest BCUT2D eigenvalue weighted by Gasteiger charge is -2.12. The highest BCUT2D eigenvalue weighted by Gasteiger charge is 2.36. The lowest BCUT2D eigenvalue weighted by atomic mass is 10.1. The minimum Gasteiger partial charge on any atom is -0.487 e. The van der Waals surface area contributed by atoms with Crippen LogP contribution in [0.3, 0.4) is 0 Å². The second kappa shape index (κ2) is 7.30. The third-order valence-corrected chi connectivity index (χ3v) is 3.84. The molecular formula is C19H16F3NO4. The maximum absolute atomic E-state index is 13.0. The van der Waals surface area contributed by atoms with Gasteiger partial charge in [-0.1, -0.05) is 6.07 Å². The van der Waals surface area contributed by atoms with Gasteiger partial charge in [-0.3, -0.25) is 0 Å². The fraction of sp³-hybridized carbons (Fsp3) is 0.263. The Hall–Kier alpha value is -3.03. The third-order valence-electron chi connectivity index (χ3n) is 3.84. The van der Waals surface area contributed by atoms with Crippen molar-refractivity contribution >= 4 is 16.9 Å². The van der Waals surface area contributed by atoms with E-state index >= 15 is 0 Å². The van der Waals surface area contributed by atoms with E-state index in [2.05, 4.69) is 4.98 Å². The minimum atomic E-state index is -4.61. The monoisotopic (exact) mass is 379 g/mol. The number of benzene rings is 1. The summed E-state index contributed by atoms with van der Waals surface area (Å²) < 4.78 is 54.9. The number of aromatic nitrogens is 1. The standard InChI is InChI=1S/C19H16F3NO4/c1-3-25-18(24)16-11(2)27-14-7-6-12(9-13(14)16)10-26-15-5-4-8-23-17(15)19(20,21)22/h4-9H,3,10H2,1-2H3. The number of pyridine rings is 1. The molecule has 0 saturated carbocycles. The molecule has 8 heteroatoms. The van der Waals surface area contributed by atoms with Gasteiger partial charge in [0.2, 0.25) is 0 Å². The summed E-state index contributed by atoms with van der Waals surface area (Å²) in [6.07, 6.45) is -3.55. The number of ether oxygens (including phenoxy) is 2. The number of nitrogens with zero attached hydrogens (tertiary/aromatic N) is 1. The molecular weight excluding hydrogens is 363 g/mol. The van der Waals surface area contributed by atoms with Crippen molar-refractivity contribution in [1.29, 1.82) is 0 Å². The van der Waals surface area contributed by atoms with Crippen LogP contribution < -0.4 is 4.74 Å². The Balaban J connectivity index is 1.89. The van der Waals surface area contributed by atoms with Crippen molar-refractivity contribution in [2.45, 2.75) is 26.6 Å². The molecule has 0 N–H and O–H groups in total. The zero-order chi connectivity index (χ0) is 19.6. The van der Waals surface area contributed by atoms with Crippen LogP contribution in [-0.2, 0) is 17.5 Å². The van der Waals surface area contributed by atoms with Gasteiger partial charge in [-0.2, -0.15) is 13.2 Å². The predicted molar refractivity (Wildman–Crippen MR) is 90.5 cm³/mol. The molecule has 27 heavy (non-hydrogen) atoms. The van der Waals surface area contributed by atoms with Crippen molar-refractivity contribution in [3.05, 3.63) is 59.1 Å². The van der Waals surface area contributed by atoms with Crippen LogP contribution in [0.4, 0.5) is 13.2 Å². The molecule has 1 aromatic carbocycles. The van der Waals surface area contributed by atoms with E-state index in [1.165, 1.54) is 12.1 Å². The van der Waals surface area contributed by atoms with Crippen LogP contribution in [-0.4, -0.2) is 17.6 Å². The molecule has 2 aromatic heterocycles. The summed E-state index contributed by atoms with van der Waals surface area (Å²) in [6, 6.07) is 7.51. The highest BCUT2D eigenvalue weighted by molar-refractivity contribution is 6.04. The number of aryl methyl sites for hydroxylation is 1. The molecule has 0 atom stereocenters. The molecule has 3 rings (SSSR count). The molecule has 0 spiro atoms. The Kier molecular flexibility index (Phi) is 5.07. The van der Waals surface area contributed by atoms with E-state index in [9.17, 15) is 18.0 Å². The largest absolute Gasteiger partial charge is 0.487 e. The highest BCUT2D eigenvalue weighted by atomic mass is 19.4. The van der Waals surface area contributed by atoms with Gasteiger partial charge in [-0.25, -0.2) is 9.78 Å². The van der Waals surface area contributed by atoms with Gasteiger partial charge in [-0.15, -0.1) is 0 Å². The Labute approximate surface area is 152 Å². The fourth-order valence-corrected chi connectivity index (χ4v) is 2.69. The van der Waals surface area contributed by atoms with Gasteiger partial charge in [0, 0.05) is 11.6 Å². The number of carbonyl (C=O) groups excluding carboxylic acids is 1. The molecule has 0 unspecified atom stereocenters. The molecule has 3 aromatic rings. The summed E-state index contributed by atoms with van der Waals surface area (Å²) in [5.41, 5.74) is 0.269. The van der Waals surface area contributed by atoms with E-state index in [1.807, 2.05) is 0 Å². The van der Waals surface area contributed by atoms with E-state index in [0.717, 1.165) is 6.20 Å². The molecule has 5 nitrogen and oxygen atoms in total. The SMILES string of the molecule is CCOC(=O)c1c(C)oc2ccc(COc3cccnc3C(F)(F)F)cc12. The average molecular weight is 379 g/mol. The average Bonchev–Trinajstić information content (AvgIpc) is 2.94. The molecule has 142 valence electrons. The van der Waals surface area contributed by atoms with Crippen molar-refractivity contribution in [2.75, 3.05) is 6.61 Å². The maximum atomic E-state index is 13.0. The normalized spacial score (nSPS) is 11.6. The van der Waals surface area contributed by atoms with Gasteiger partial charge in [0.25, 0.3) is 0 Å². The van der Waals surface area contributed by atoms with Crippen LogP contribution in [0.2, 0.25) is 0 Å². The van der Waals surface area contributed by atoms with Crippen LogP contribution >= 0.6 is 0 Å². The first-order chi connectivity index (χ1) is 12.8. The number of rotatable bonds is 5. The molecule has 0 bridgehead atoms. The minimum absolute atomic E-state index is 0.128. The van der Waals surface area contributed by atoms with Crippen molar-refractivity contribution in [2.24, 2.45) is 0 Å². The molecule has 2 heterocycles. The second-order valence-corrected chi connectivity index (χ2v) is 5.72. The van der Waals surface area contributed by atoms with Gasteiger partial charge >= 0.3 is 12.1 Å². The van der Waals surface area contributed by atoms with Crippen molar-refractivity contribution < 1.29 is 31.9 Å². The maximum Gasteiger partial charge on any atom is 0.437 e. The first kappa shape index (κ1) is 18.8. The number of carbonyl (C=O) groups is 1. The number of alkyl halides is 3. The Morgan fingerprint density at radius 2 is 2.04 bits per heavy atom. The van der Waals surface area contributed by atoms with E-state index in [4.69, 9.17) is 13.9 Å².